The van der Waals surface area contributed by atoms with E-state index in [-0.39, 0.29) is 0 Å². The maximum atomic E-state index is 3.89. The summed E-state index contributed by atoms with van der Waals surface area (Å²) in [5.41, 5.74) is 3.27. The van der Waals surface area contributed by atoms with Gasteiger partial charge in [0.25, 0.3) is 0 Å². The van der Waals surface area contributed by atoms with Gasteiger partial charge < -0.3 is 0 Å². The molecule has 0 spiro atoms. The van der Waals surface area contributed by atoms with Crippen LogP contribution < -0.4 is 0 Å². The van der Waals surface area contributed by atoms with Crippen LogP contribution in [0.3, 0.4) is 0 Å². The van der Waals surface area contributed by atoms with Crippen LogP contribution in [0.1, 0.15) is 11.4 Å². The van der Waals surface area contributed by atoms with Gasteiger partial charge in [-0.15, -0.1) is 0 Å². The first-order valence-corrected chi connectivity index (χ1v) is 5.12. The molecule has 0 bridgehead atoms. The third-order valence-electron chi connectivity index (χ3n) is 2.18. The molecule has 4 heteroatoms. The van der Waals surface area contributed by atoms with Crippen molar-refractivity contribution >= 4 is 10.9 Å². The van der Waals surface area contributed by atoms with Gasteiger partial charge >= 0.3 is 0 Å². The van der Waals surface area contributed by atoms with Crippen LogP contribution in [0.25, 0.3) is 10.9 Å². The lowest BCUT2D eigenvalue weighted by Crippen LogP contribution is -1.68. The number of rotatable bonds is 0. The van der Waals surface area contributed by atoms with E-state index >= 15 is 0 Å². The third kappa shape index (κ3) is 2.48. The smallest absolute Gasteiger partial charge is 0.0650 e. The molecule has 0 fully saturated rings. The topological polar surface area (TPSA) is 57.4 Å². The predicted molar refractivity (Wildman–Crippen MR) is 64.2 cm³/mol. The van der Waals surface area contributed by atoms with Gasteiger partial charge in [0.1, 0.15) is 0 Å². The van der Waals surface area contributed by atoms with Gasteiger partial charge in [0.2, 0.25) is 0 Å². The van der Waals surface area contributed by atoms with Gasteiger partial charge in [-0.3, -0.25) is 10.2 Å². The summed E-state index contributed by atoms with van der Waals surface area (Å²) in [6.45, 7) is 3.95. The highest BCUT2D eigenvalue weighted by molar-refractivity contribution is 5.77. The second-order valence-electron chi connectivity index (χ2n) is 3.65. The van der Waals surface area contributed by atoms with Gasteiger partial charge in [-0.05, 0) is 26.0 Å². The summed E-state index contributed by atoms with van der Waals surface area (Å²) in [5, 5.41) is 14.6. The van der Waals surface area contributed by atoms with Gasteiger partial charge in [-0.25, -0.2) is 0 Å². The van der Waals surface area contributed by atoms with E-state index in [9.17, 15) is 0 Å². The molecule has 0 amide bonds. The van der Waals surface area contributed by atoms with Crippen molar-refractivity contribution in [2.24, 2.45) is 0 Å². The second kappa shape index (κ2) is 4.61. The number of hydrogen-bond donors (Lipinski definition) is 2. The van der Waals surface area contributed by atoms with E-state index in [1.807, 2.05) is 50.4 Å². The lowest BCUT2D eigenvalue weighted by molar-refractivity contribution is 1.02. The zero-order valence-corrected chi connectivity index (χ0v) is 9.36. The Bertz CT molecular complexity index is 518. The maximum Gasteiger partial charge on any atom is 0.0650 e. The molecule has 2 N–H and O–H groups in total. The van der Waals surface area contributed by atoms with Crippen molar-refractivity contribution in [3.63, 3.8) is 0 Å². The molecular weight excluding hydrogens is 200 g/mol. The van der Waals surface area contributed by atoms with Gasteiger partial charge in [0.05, 0.1) is 17.4 Å². The molecule has 0 saturated carbocycles. The molecule has 3 rings (SSSR count). The van der Waals surface area contributed by atoms with E-state index in [0.29, 0.717) is 0 Å². The first kappa shape index (κ1) is 10.4. The van der Waals surface area contributed by atoms with Crippen LogP contribution in [0, 0.1) is 13.8 Å². The van der Waals surface area contributed by atoms with E-state index in [0.717, 1.165) is 22.3 Å². The summed E-state index contributed by atoms with van der Waals surface area (Å²) in [6.07, 6.45) is 1.81. The minimum Gasteiger partial charge on any atom is -0.283 e. The molecule has 0 aliphatic rings. The normalized spacial score (nSPS) is 9.88. The summed E-state index contributed by atoms with van der Waals surface area (Å²) in [6, 6.07) is 10.0. The second-order valence-corrected chi connectivity index (χ2v) is 3.65. The zero-order valence-electron chi connectivity index (χ0n) is 9.36. The molecule has 0 atom stereocenters. The van der Waals surface area contributed by atoms with E-state index in [1.165, 1.54) is 0 Å². The SMILES string of the molecule is Cc1cc(C)[nH]n1.c1ccc2[nH]ncc2c1. The highest BCUT2D eigenvalue weighted by atomic mass is 15.1. The molecule has 0 radical (unpaired) electrons. The number of aryl methyl sites for hydroxylation is 2. The van der Waals surface area contributed by atoms with Crippen LogP contribution in [-0.2, 0) is 0 Å². The lowest BCUT2D eigenvalue weighted by atomic mass is 10.3. The van der Waals surface area contributed by atoms with Crippen molar-refractivity contribution in [1.29, 1.82) is 0 Å². The number of fused-ring (bicyclic) bond motifs is 1. The molecule has 2 heterocycles. The molecule has 16 heavy (non-hydrogen) atoms. The minimum atomic E-state index is 1.05. The quantitative estimate of drug-likeness (QED) is 0.604. The Morgan fingerprint density at radius 1 is 1.06 bits per heavy atom. The Hall–Kier alpha value is -2.10. The molecule has 3 aromatic rings. The summed E-state index contributed by atoms with van der Waals surface area (Å²) in [4.78, 5) is 0. The Kier molecular flexibility index (Phi) is 3.00. The van der Waals surface area contributed by atoms with Crippen LogP contribution in [0.5, 0.6) is 0 Å². The fraction of sp³-hybridized carbons (Fsp3) is 0.167. The van der Waals surface area contributed by atoms with Crippen molar-refractivity contribution in [1.82, 2.24) is 20.4 Å². The Morgan fingerprint density at radius 2 is 1.88 bits per heavy atom. The highest BCUT2D eigenvalue weighted by Gasteiger charge is 1.88. The summed E-state index contributed by atoms with van der Waals surface area (Å²) in [5.74, 6) is 0. The number of nitrogens with one attached hydrogen (secondary N) is 2. The van der Waals surface area contributed by atoms with Crippen LogP contribution in [-0.4, -0.2) is 20.4 Å². The number of benzene rings is 1. The van der Waals surface area contributed by atoms with Crippen LogP contribution >= 0.6 is 0 Å². The van der Waals surface area contributed by atoms with Gasteiger partial charge in [-0.1, -0.05) is 18.2 Å². The molecule has 0 unspecified atom stereocenters. The molecule has 2 aromatic heterocycles. The summed E-state index contributed by atoms with van der Waals surface area (Å²) in [7, 11) is 0. The Morgan fingerprint density at radius 3 is 2.44 bits per heavy atom. The first-order chi connectivity index (χ1) is 7.75. The molecule has 0 aliphatic carbocycles. The van der Waals surface area contributed by atoms with Crippen LogP contribution in [0.4, 0.5) is 0 Å². The number of hydrogen-bond acceptors (Lipinski definition) is 2. The fourth-order valence-corrected chi connectivity index (χ4v) is 1.44. The van der Waals surface area contributed by atoms with E-state index in [1.54, 1.807) is 0 Å². The average Bonchev–Trinajstić information content (AvgIpc) is 2.88. The molecule has 0 saturated heterocycles. The lowest BCUT2D eigenvalue weighted by Gasteiger charge is -1.81. The number of nitrogens with zero attached hydrogens (tertiary/aromatic N) is 2. The molecule has 82 valence electrons. The van der Waals surface area contributed by atoms with Crippen LogP contribution in [0.2, 0.25) is 0 Å². The maximum absolute atomic E-state index is 3.89. The van der Waals surface area contributed by atoms with Crippen molar-refractivity contribution in [3.05, 3.63) is 47.9 Å². The van der Waals surface area contributed by atoms with Gasteiger partial charge in [0, 0.05) is 11.1 Å². The average molecular weight is 214 g/mol. The Balaban J connectivity index is 0.000000125. The molecular formula is C12H14N4. The standard InChI is InChI=1S/C7H6N2.C5H8N2/c1-2-4-7-6(3-1)5-8-9-7;1-4-3-5(2)7-6-4/h1-5H,(H,8,9);3H,1-2H3,(H,6,7). The third-order valence-corrected chi connectivity index (χ3v) is 2.18. The number of aromatic amines is 2. The van der Waals surface area contributed by atoms with Crippen LogP contribution in [0.15, 0.2) is 36.5 Å². The van der Waals surface area contributed by atoms with E-state index in [4.69, 9.17) is 0 Å². The summed E-state index contributed by atoms with van der Waals surface area (Å²) < 4.78 is 0. The number of aromatic nitrogens is 4. The van der Waals surface area contributed by atoms with Crippen molar-refractivity contribution in [3.8, 4) is 0 Å². The highest BCUT2D eigenvalue weighted by Crippen LogP contribution is 2.06. The van der Waals surface area contributed by atoms with Crippen molar-refractivity contribution < 1.29 is 0 Å². The first-order valence-electron chi connectivity index (χ1n) is 5.12. The molecule has 4 nitrogen and oxygen atoms in total. The largest absolute Gasteiger partial charge is 0.283 e. The van der Waals surface area contributed by atoms with Crippen molar-refractivity contribution in [2.45, 2.75) is 13.8 Å². The zero-order chi connectivity index (χ0) is 11.4. The van der Waals surface area contributed by atoms with Gasteiger partial charge in [-0.2, -0.15) is 10.2 Å². The fourth-order valence-electron chi connectivity index (χ4n) is 1.44. The predicted octanol–water partition coefficient (Wildman–Crippen LogP) is 2.59. The minimum absolute atomic E-state index is 1.05. The summed E-state index contributed by atoms with van der Waals surface area (Å²) >= 11 is 0. The van der Waals surface area contributed by atoms with Crippen molar-refractivity contribution in [2.75, 3.05) is 0 Å². The number of H-pyrrole nitrogens is 2. The van der Waals surface area contributed by atoms with E-state index < -0.39 is 0 Å². The molecule has 0 aliphatic heterocycles. The van der Waals surface area contributed by atoms with E-state index in [2.05, 4.69) is 20.4 Å². The van der Waals surface area contributed by atoms with Gasteiger partial charge in [0.15, 0.2) is 0 Å². The molecule has 1 aromatic carbocycles. The number of para-hydroxylation sites is 1. The monoisotopic (exact) mass is 214 g/mol. The Labute approximate surface area is 93.7 Å².